The van der Waals surface area contributed by atoms with Gasteiger partial charge in [-0.05, 0) is 36.8 Å². The third-order valence-electron chi connectivity index (χ3n) is 4.65. The molecular weight excluding hydrogens is 264 g/mol. The highest BCUT2D eigenvalue weighted by molar-refractivity contribution is 5.78. The van der Waals surface area contributed by atoms with Crippen LogP contribution in [-0.2, 0) is 4.79 Å². The Morgan fingerprint density at radius 3 is 2.71 bits per heavy atom. The van der Waals surface area contributed by atoms with Gasteiger partial charge in [-0.1, -0.05) is 26.0 Å². The maximum atomic E-state index is 12.3. The summed E-state index contributed by atoms with van der Waals surface area (Å²) in [5, 5.41) is 9.00. The Labute approximate surface area is 126 Å². The van der Waals surface area contributed by atoms with Gasteiger partial charge in [0.25, 0.3) is 5.91 Å². The predicted octanol–water partition coefficient (Wildman–Crippen LogP) is 2.98. The van der Waals surface area contributed by atoms with E-state index in [1.165, 1.54) is 0 Å². The van der Waals surface area contributed by atoms with Crippen molar-refractivity contribution in [3.63, 3.8) is 0 Å². The number of carbonyl (C=O) groups is 1. The molecule has 1 saturated heterocycles. The molecule has 1 aliphatic rings. The molecule has 0 N–H and O–H groups in total. The van der Waals surface area contributed by atoms with E-state index in [9.17, 15) is 4.79 Å². The zero-order chi connectivity index (χ0) is 15.3. The molecule has 0 saturated carbocycles. The molecule has 1 aliphatic heterocycles. The second kappa shape index (κ2) is 6.62. The van der Waals surface area contributed by atoms with Gasteiger partial charge in [-0.2, -0.15) is 5.26 Å². The summed E-state index contributed by atoms with van der Waals surface area (Å²) in [6.45, 7) is 6.02. The van der Waals surface area contributed by atoms with Crippen LogP contribution in [0.2, 0.25) is 0 Å². The van der Waals surface area contributed by atoms with Crippen molar-refractivity contribution >= 4 is 5.91 Å². The van der Waals surface area contributed by atoms with Crippen molar-refractivity contribution in [3.05, 3.63) is 29.8 Å². The number of nitriles is 1. The number of rotatable bonds is 5. The molecule has 0 aliphatic carbocycles. The van der Waals surface area contributed by atoms with Gasteiger partial charge in [0.15, 0.2) is 6.61 Å². The molecule has 2 rings (SSSR count). The van der Waals surface area contributed by atoms with E-state index < -0.39 is 0 Å². The molecule has 1 amide bonds. The third kappa shape index (κ3) is 3.36. The summed E-state index contributed by atoms with van der Waals surface area (Å²) in [4.78, 5) is 14.1. The normalized spacial score (nSPS) is 16.5. The molecule has 0 unspecified atom stereocenters. The van der Waals surface area contributed by atoms with Gasteiger partial charge in [-0.3, -0.25) is 4.79 Å². The molecule has 1 heterocycles. The SMILES string of the molecule is CCC1(CC)CCN(C(=O)COc2ccccc2C#N)C1. The number of amides is 1. The minimum atomic E-state index is 0.00218. The number of carbonyl (C=O) groups excluding carboxylic acids is 1. The molecule has 21 heavy (non-hydrogen) atoms. The van der Waals surface area contributed by atoms with Crippen molar-refractivity contribution in [2.45, 2.75) is 33.1 Å². The van der Waals surface area contributed by atoms with Crippen molar-refractivity contribution in [2.75, 3.05) is 19.7 Å². The molecule has 112 valence electrons. The molecule has 1 aromatic rings. The van der Waals surface area contributed by atoms with E-state index in [1.54, 1.807) is 24.3 Å². The Morgan fingerprint density at radius 2 is 2.10 bits per heavy atom. The lowest BCUT2D eigenvalue weighted by molar-refractivity contribution is -0.132. The lowest BCUT2D eigenvalue weighted by Gasteiger charge is -2.26. The lowest BCUT2D eigenvalue weighted by Crippen LogP contribution is -2.35. The molecule has 4 nitrogen and oxygen atoms in total. The summed E-state index contributed by atoms with van der Waals surface area (Å²) < 4.78 is 5.52. The fourth-order valence-electron chi connectivity index (χ4n) is 2.89. The predicted molar refractivity (Wildman–Crippen MR) is 80.9 cm³/mol. The van der Waals surface area contributed by atoms with Crippen molar-refractivity contribution in [1.29, 1.82) is 5.26 Å². The first kappa shape index (κ1) is 15.4. The van der Waals surface area contributed by atoms with Crippen LogP contribution in [0.15, 0.2) is 24.3 Å². The standard InChI is InChI=1S/C17H22N2O2/c1-3-17(4-2)9-10-19(13-17)16(20)12-21-15-8-6-5-7-14(15)11-18/h5-8H,3-4,9-10,12-13H2,1-2H3. The molecule has 4 heteroatoms. The first-order chi connectivity index (χ1) is 10.1. The van der Waals surface area contributed by atoms with Gasteiger partial charge in [-0.25, -0.2) is 0 Å². The summed E-state index contributed by atoms with van der Waals surface area (Å²) >= 11 is 0. The van der Waals surface area contributed by atoms with Crippen molar-refractivity contribution < 1.29 is 9.53 Å². The van der Waals surface area contributed by atoms with E-state index in [0.717, 1.165) is 32.4 Å². The Morgan fingerprint density at radius 1 is 1.38 bits per heavy atom. The molecule has 0 spiro atoms. The van der Waals surface area contributed by atoms with Crippen molar-refractivity contribution in [3.8, 4) is 11.8 Å². The molecule has 0 bridgehead atoms. The summed E-state index contributed by atoms with van der Waals surface area (Å²) in [6.07, 6.45) is 3.28. The summed E-state index contributed by atoms with van der Waals surface area (Å²) in [6, 6.07) is 9.06. The van der Waals surface area contributed by atoms with Crippen LogP contribution in [0.3, 0.4) is 0 Å². The van der Waals surface area contributed by atoms with E-state index >= 15 is 0 Å². The van der Waals surface area contributed by atoms with Gasteiger partial charge in [0.2, 0.25) is 0 Å². The number of nitrogens with zero attached hydrogens (tertiary/aromatic N) is 2. The van der Waals surface area contributed by atoms with Crippen molar-refractivity contribution in [1.82, 2.24) is 4.90 Å². The smallest absolute Gasteiger partial charge is 0.260 e. The van der Waals surface area contributed by atoms with Gasteiger partial charge in [-0.15, -0.1) is 0 Å². The maximum absolute atomic E-state index is 12.3. The topological polar surface area (TPSA) is 53.3 Å². The Balaban J connectivity index is 1.93. The molecule has 0 aromatic heterocycles. The van der Waals surface area contributed by atoms with Gasteiger partial charge in [0.1, 0.15) is 11.8 Å². The minimum Gasteiger partial charge on any atom is -0.482 e. The van der Waals surface area contributed by atoms with Crippen molar-refractivity contribution in [2.24, 2.45) is 5.41 Å². The molecule has 1 fully saturated rings. The number of ether oxygens (including phenoxy) is 1. The van der Waals surface area contributed by atoms with Crippen LogP contribution in [0.4, 0.5) is 0 Å². The third-order valence-corrected chi connectivity index (χ3v) is 4.65. The lowest BCUT2D eigenvalue weighted by atomic mass is 9.82. The summed E-state index contributed by atoms with van der Waals surface area (Å²) in [5.41, 5.74) is 0.739. The van der Waals surface area contributed by atoms with E-state index in [0.29, 0.717) is 11.3 Å². The van der Waals surface area contributed by atoms with Crippen LogP contribution in [0.5, 0.6) is 5.75 Å². The fourth-order valence-corrected chi connectivity index (χ4v) is 2.89. The zero-order valence-electron chi connectivity index (χ0n) is 12.8. The van der Waals surface area contributed by atoms with Crippen LogP contribution in [0.25, 0.3) is 0 Å². The Bertz CT molecular complexity index is 544. The Hall–Kier alpha value is -2.02. The highest BCUT2D eigenvalue weighted by Crippen LogP contribution is 2.36. The molecular formula is C17H22N2O2. The first-order valence-electron chi connectivity index (χ1n) is 7.54. The van der Waals surface area contributed by atoms with E-state index in [1.807, 2.05) is 4.90 Å². The zero-order valence-corrected chi connectivity index (χ0v) is 12.8. The van der Waals surface area contributed by atoms with E-state index in [4.69, 9.17) is 10.00 Å². The van der Waals surface area contributed by atoms with Crippen LogP contribution >= 0.6 is 0 Å². The summed E-state index contributed by atoms with van der Waals surface area (Å²) in [7, 11) is 0. The number of hydrogen-bond donors (Lipinski definition) is 0. The van der Waals surface area contributed by atoms with Crippen LogP contribution < -0.4 is 4.74 Å². The van der Waals surface area contributed by atoms with E-state index in [-0.39, 0.29) is 17.9 Å². The van der Waals surface area contributed by atoms with Crippen LogP contribution in [0.1, 0.15) is 38.7 Å². The number of para-hydroxylation sites is 1. The van der Waals surface area contributed by atoms with Gasteiger partial charge < -0.3 is 9.64 Å². The van der Waals surface area contributed by atoms with Crippen LogP contribution in [-0.4, -0.2) is 30.5 Å². The number of likely N-dealkylation sites (tertiary alicyclic amines) is 1. The minimum absolute atomic E-state index is 0.00218. The van der Waals surface area contributed by atoms with Gasteiger partial charge >= 0.3 is 0 Å². The quantitative estimate of drug-likeness (QED) is 0.836. The Kier molecular flexibility index (Phi) is 4.85. The average Bonchev–Trinajstić information content (AvgIpc) is 2.98. The first-order valence-corrected chi connectivity index (χ1v) is 7.54. The highest BCUT2D eigenvalue weighted by Gasteiger charge is 2.36. The maximum Gasteiger partial charge on any atom is 0.260 e. The largest absolute Gasteiger partial charge is 0.482 e. The second-order valence-corrected chi connectivity index (χ2v) is 5.67. The average molecular weight is 286 g/mol. The second-order valence-electron chi connectivity index (χ2n) is 5.67. The van der Waals surface area contributed by atoms with Crippen LogP contribution in [0, 0.1) is 16.7 Å². The molecule has 0 radical (unpaired) electrons. The monoisotopic (exact) mass is 286 g/mol. The highest BCUT2D eigenvalue weighted by atomic mass is 16.5. The molecule has 1 aromatic carbocycles. The number of benzene rings is 1. The van der Waals surface area contributed by atoms with Gasteiger partial charge in [0, 0.05) is 13.1 Å². The summed E-state index contributed by atoms with van der Waals surface area (Å²) in [5.74, 6) is 0.483. The fraction of sp³-hybridized carbons (Fsp3) is 0.529. The molecule has 0 atom stereocenters. The van der Waals surface area contributed by atoms with E-state index in [2.05, 4.69) is 19.9 Å². The van der Waals surface area contributed by atoms with Gasteiger partial charge in [0.05, 0.1) is 5.56 Å². The number of hydrogen-bond acceptors (Lipinski definition) is 3.